The maximum atomic E-state index is 12.3. The van der Waals surface area contributed by atoms with Gasteiger partial charge in [-0.1, -0.05) is 37.3 Å². The van der Waals surface area contributed by atoms with E-state index in [0.717, 1.165) is 23.5 Å². The molecule has 3 aromatic rings. The second-order valence-electron chi connectivity index (χ2n) is 6.33. The fraction of sp³-hybridized carbons (Fsp3) is 0.227. The van der Waals surface area contributed by atoms with Crippen molar-refractivity contribution >= 4 is 28.9 Å². The van der Waals surface area contributed by atoms with Gasteiger partial charge in [-0.3, -0.25) is 4.79 Å². The van der Waals surface area contributed by atoms with Crippen molar-refractivity contribution in [3.05, 3.63) is 81.8 Å². The number of thiazole rings is 1. The molecular formula is C22H22N2O3S. The fourth-order valence-corrected chi connectivity index (χ4v) is 3.45. The molecule has 0 fully saturated rings. The van der Waals surface area contributed by atoms with Crippen LogP contribution in [0.4, 0.5) is 5.69 Å². The summed E-state index contributed by atoms with van der Waals surface area (Å²) in [6.07, 6.45) is 1.76. The van der Waals surface area contributed by atoms with Gasteiger partial charge in [-0.15, -0.1) is 11.3 Å². The highest BCUT2D eigenvalue weighted by Crippen LogP contribution is 2.16. The van der Waals surface area contributed by atoms with E-state index in [0.29, 0.717) is 17.9 Å². The number of esters is 1. The Balaban J connectivity index is 1.52. The van der Waals surface area contributed by atoms with Gasteiger partial charge in [-0.05, 0) is 36.2 Å². The molecule has 0 bridgehead atoms. The quantitative estimate of drug-likeness (QED) is 0.572. The third kappa shape index (κ3) is 5.76. The fourth-order valence-electron chi connectivity index (χ4n) is 2.62. The molecule has 0 aliphatic carbocycles. The lowest BCUT2D eigenvalue weighted by Crippen LogP contribution is -2.15. The summed E-state index contributed by atoms with van der Waals surface area (Å²) in [6.45, 7) is 2.34. The standard InChI is InChI=1S/C22H22N2O3S/c1-2-12-27-22(26)17-8-10-18(11-9-17)23-20(25)14-19-15-28-21(24-19)13-16-6-4-3-5-7-16/h3-11,15H,2,12-14H2,1H3,(H,23,25). The molecule has 0 aliphatic rings. The van der Waals surface area contributed by atoms with Crippen LogP contribution in [-0.4, -0.2) is 23.5 Å². The predicted molar refractivity (Wildman–Crippen MR) is 111 cm³/mol. The summed E-state index contributed by atoms with van der Waals surface area (Å²) in [5.41, 5.74) is 3.06. The normalized spacial score (nSPS) is 10.5. The van der Waals surface area contributed by atoms with Gasteiger partial charge in [-0.2, -0.15) is 0 Å². The van der Waals surface area contributed by atoms with E-state index in [2.05, 4.69) is 22.4 Å². The van der Waals surface area contributed by atoms with E-state index in [1.165, 1.54) is 5.56 Å². The van der Waals surface area contributed by atoms with Crippen LogP contribution < -0.4 is 5.32 Å². The number of benzene rings is 2. The van der Waals surface area contributed by atoms with Crippen molar-refractivity contribution in [1.29, 1.82) is 0 Å². The van der Waals surface area contributed by atoms with Gasteiger partial charge in [0.25, 0.3) is 0 Å². The molecule has 5 nitrogen and oxygen atoms in total. The van der Waals surface area contributed by atoms with E-state index in [1.54, 1.807) is 35.6 Å². The van der Waals surface area contributed by atoms with Crippen molar-refractivity contribution < 1.29 is 14.3 Å². The molecule has 28 heavy (non-hydrogen) atoms. The average molecular weight is 394 g/mol. The van der Waals surface area contributed by atoms with Gasteiger partial charge in [0.15, 0.2) is 0 Å². The lowest BCUT2D eigenvalue weighted by atomic mass is 10.2. The smallest absolute Gasteiger partial charge is 0.338 e. The van der Waals surface area contributed by atoms with Crippen LogP contribution in [0.1, 0.15) is 40.0 Å². The maximum absolute atomic E-state index is 12.3. The lowest BCUT2D eigenvalue weighted by Gasteiger charge is -2.06. The first kappa shape index (κ1) is 19.8. The Bertz CT molecular complexity index is 920. The van der Waals surface area contributed by atoms with Gasteiger partial charge in [-0.25, -0.2) is 9.78 Å². The number of ether oxygens (including phenoxy) is 1. The Kier molecular flexibility index (Phi) is 6.92. The molecule has 0 atom stereocenters. The zero-order valence-electron chi connectivity index (χ0n) is 15.7. The monoisotopic (exact) mass is 394 g/mol. The minimum absolute atomic E-state index is 0.141. The molecule has 1 aromatic heterocycles. The van der Waals surface area contributed by atoms with Gasteiger partial charge in [0.2, 0.25) is 5.91 Å². The zero-order chi connectivity index (χ0) is 19.8. The molecule has 2 aromatic carbocycles. The SMILES string of the molecule is CCCOC(=O)c1ccc(NC(=O)Cc2csc(Cc3ccccc3)n2)cc1. The lowest BCUT2D eigenvalue weighted by molar-refractivity contribution is -0.115. The van der Waals surface area contributed by atoms with Crippen LogP contribution in [0.5, 0.6) is 0 Å². The van der Waals surface area contributed by atoms with E-state index >= 15 is 0 Å². The van der Waals surface area contributed by atoms with E-state index in [9.17, 15) is 9.59 Å². The summed E-state index contributed by atoms with van der Waals surface area (Å²) in [5.74, 6) is -0.494. The number of carbonyl (C=O) groups excluding carboxylic acids is 2. The van der Waals surface area contributed by atoms with Gasteiger partial charge >= 0.3 is 5.97 Å². The van der Waals surface area contributed by atoms with Crippen LogP contribution >= 0.6 is 11.3 Å². The summed E-state index contributed by atoms with van der Waals surface area (Å²) in [7, 11) is 0. The number of hydrogen-bond donors (Lipinski definition) is 1. The van der Waals surface area contributed by atoms with Crippen molar-refractivity contribution in [1.82, 2.24) is 4.98 Å². The zero-order valence-corrected chi connectivity index (χ0v) is 16.5. The molecule has 0 spiro atoms. The Morgan fingerprint density at radius 3 is 2.54 bits per heavy atom. The maximum Gasteiger partial charge on any atom is 0.338 e. The number of nitrogens with one attached hydrogen (secondary N) is 1. The molecule has 6 heteroatoms. The number of aromatic nitrogens is 1. The topological polar surface area (TPSA) is 68.3 Å². The summed E-state index contributed by atoms with van der Waals surface area (Å²) in [4.78, 5) is 28.6. The number of carbonyl (C=O) groups is 2. The second-order valence-corrected chi connectivity index (χ2v) is 7.28. The number of hydrogen-bond acceptors (Lipinski definition) is 5. The Hall–Kier alpha value is -2.99. The number of nitrogens with zero attached hydrogens (tertiary/aromatic N) is 1. The van der Waals surface area contributed by atoms with E-state index < -0.39 is 0 Å². The first-order valence-electron chi connectivity index (χ1n) is 9.18. The minimum Gasteiger partial charge on any atom is -0.462 e. The van der Waals surface area contributed by atoms with Crippen LogP contribution in [0.2, 0.25) is 0 Å². The van der Waals surface area contributed by atoms with E-state index in [-0.39, 0.29) is 18.3 Å². The number of amides is 1. The van der Waals surface area contributed by atoms with E-state index in [1.807, 2.05) is 30.5 Å². The van der Waals surface area contributed by atoms with Crippen LogP contribution in [0, 0.1) is 0 Å². The summed E-state index contributed by atoms with van der Waals surface area (Å²) in [6, 6.07) is 16.8. The third-order valence-electron chi connectivity index (χ3n) is 3.98. The van der Waals surface area contributed by atoms with Crippen molar-refractivity contribution in [2.24, 2.45) is 0 Å². The third-order valence-corrected chi connectivity index (χ3v) is 4.88. The van der Waals surface area contributed by atoms with Crippen LogP contribution in [-0.2, 0) is 22.4 Å². The molecule has 0 aliphatic heterocycles. The highest BCUT2D eigenvalue weighted by molar-refractivity contribution is 7.09. The minimum atomic E-state index is -0.354. The molecule has 0 saturated carbocycles. The highest BCUT2D eigenvalue weighted by atomic mass is 32.1. The first-order valence-corrected chi connectivity index (χ1v) is 10.1. The van der Waals surface area contributed by atoms with Crippen LogP contribution in [0.15, 0.2) is 60.0 Å². The van der Waals surface area contributed by atoms with Gasteiger partial charge in [0, 0.05) is 17.5 Å². The first-order chi connectivity index (χ1) is 13.6. The predicted octanol–water partition coefficient (Wildman–Crippen LogP) is 4.48. The van der Waals surface area contributed by atoms with E-state index in [4.69, 9.17) is 4.74 Å². The number of rotatable bonds is 8. The molecular weight excluding hydrogens is 372 g/mol. The summed E-state index contributed by atoms with van der Waals surface area (Å²) < 4.78 is 5.09. The molecule has 1 amide bonds. The average Bonchev–Trinajstić information content (AvgIpc) is 3.14. The molecule has 3 rings (SSSR count). The van der Waals surface area contributed by atoms with Crippen molar-refractivity contribution in [2.75, 3.05) is 11.9 Å². The number of anilines is 1. The van der Waals surface area contributed by atoms with Gasteiger partial charge in [0.1, 0.15) is 0 Å². The van der Waals surface area contributed by atoms with Gasteiger partial charge < -0.3 is 10.1 Å². The Labute approximate surface area is 168 Å². The highest BCUT2D eigenvalue weighted by Gasteiger charge is 2.10. The van der Waals surface area contributed by atoms with Crippen LogP contribution in [0.3, 0.4) is 0 Å². The second kappa shape index (κ2) is 9.80. The Morgan fingerprint density at radius 1 is 1.07 bits per heavy atom. The molecule has 1 heterocycles. The molecule has 1 N–H and O–H groups in total. The molecule has 144 valence electrons. The van der Waals surface area contributed by atoms with Crippen molar-refractivity contribution in [3.63, 3.8) is 0 Å². The molecule has 0 saturated heterocycles. The van der Waals surface area contributed by atoms with Gasteiger partial charge in [0.05, 0.1) is 29.3 Å². The largest absolute Gasteiger partial charge is 0.462 e. The van der Waals surface area contributed by atoms with Crippen LogP contribution in [0.25, 0.3) is 0 Å². The molecule has 0 unspecified atom stereocenters. The van der Waals surface area contributed by atoms with Crippen molar-refractivity contribution in [2.45, 2.75) is 26.2 Å². The van der Waals surface area contributed by atoms with Crippen molar-refractivity contribution in [3.8, 4) is 0 Å². The summed E-state index contributed by atoms with van der Waals surface area (Å²) >= 11 is 1.56. The summed E-state index contributed by atoms with van der Waals surface area (Å²) in [5, 5.41) is 5.74. The molecule has 0 radical (unpaired) electrons. The Morgan fingerprint density at radius 2 is 1.82 bits per heavy atom.